The molecule has 1 aromatic carbocycles. The number of aromatic nitrogens is 4. The van der Waals surface area contributed by atoms with Crippen molar-refractivity contribution in [3.63, 3.8) is 0 Å². The molecule has 2 heterocycles. The number of fused-ring (bicyclic) bond motifs is 1. The Kier molecular flexibility index (Phi) is 3.59. The second-order valence-corrected chi connectivity index (χ2v) is 9.24. The van der Waals surface area contributed by atoms with E-state index in [9.17, 15) is 4.39 Å². The van der Waals surface area contributed by atoms with Crippen LogP contribution in [0.4, 0.5) is 16.2 Å². The van der Waals surface area contributed by atoms with Crippen molar-refractivity contribution >= 4 is 11.8 Å². The van der Waals surface area contributed by atoms with Crippen LogP contribution in [0.3, 0.4) is 0 Å². The number of rotatable bonds is 5. The lowest BCUT2D eigenvalue weighted by Gasteiger charge is -2.70. The van der Waals surface area contributed by atoms with Crippen LogP contribution in [-0.2, 0) is 12.0 Å². The second-order valence-electron chi connectivity index (χ2n) is 9.24. The van der Waals surface area contributed by atoms with E-state index >= 15 is 0 Å². The molecule has 1 atom stereocenters. The molecule has 3 aromatic rings. The summed E-state index contributed by atoms with van der Waals surface area (Å²) in [6, 6.07) is 6.90. The number of nitrogens with zero attached hydrogens (tertiary/aromatic N) is 4. The molecule has 0 saturated heterocycles. The Labute approximate surface area is 175 Å². The van der Waals surface area contributed by atoms with E-state index in [4.69, 9.17) is 9.97 Å². The van der Waals surface area contributed by atoms with Crippen LogP contribution < -0.4 is 10.6 Å². The Morgan fingerprint density at radius 1 is 1.20 bits per heavy atom. The Morgan fingerprint density at radius 3 is 2.73 bits per heavy atom. The quantitative estimate of drug-likeness (QED) is 0.673. The van der Waals surface area contributed by atoms with Crippen LogP contribution in [0.15, 0.2) is 36.8 Å². The van der Waals surface area contributed by atoms with Crippen LogP contribution in [-0.4, -0.2) is 32.1 Å². The lowest BCUT2D eigenvalue weighted by molar-refractivity contribution is -0.100. The van der Waals surface area contributed by atoms with Crippen LogP contribution in [0.1, 0.15) is 54.1 Å². The van der Waals surface area contributed by atoms with Gasteiger partial charge in [0.1, 0.15) is 11.6 Å². The summed E-state index contributed by atoms with van der Waals surface area (Å²) in [5.74, 6) is 1.47. The van der Waals surface area contributed by atoms with Gasteiger partial charge in [-0.3, -0.25) is 0 Å². The third-order valence-electron chi connectivity index (χ3n) is 7.18. The van der Waals surface area contributed by atoms with Gasteiger partial charge in [0, 0.05) is 30.3 Å². The van der Waals surface area contributed by atoms with Crippen LogP contribution in [0.25, 0.3) is 0 Å². The lowest BCUT2D eigenvalue weighted by atomic mass is 9.44. The van der Waals surface area contributed by atoms with E-state index in [-0.39, 0.29) is 22.8 Å². The first-order valence-corrected chi connectivity index (χ1v) is 10.6. The Balaban J connectivity index is 1.27. The van der Waals surface area contributed by atoms with Gasteiger partial charge in [-0.1, -0.05) is 12.1 Å². The van der Waals surface area contributed by atoms with Crippen molar-refractivity contribution in [1.82, 2.24) is 19.5 Å². The number of hydrogen-bond acceptors (Lipinski definition) is 5. The van der Waals surface area contributed by atoms with Crippen molar-refractivity contribution in [1.29, 1.82) is 0 Å². The number of hydrogen-bond donors (Lipinski definition) is 2. The fraction of sp³-hybridized carbons (Fsp3) is 0.435. The summed E-state index contributed by atoms with van der Waals surface area (Å²) in [5.41, 5.74) is 4.51. The molecular formula is C23H25FN6. The third kappa shape index (κ3) is 2.50. The van der Waals surface area contributed by atoms with Crippen molar-refractivity contribution in [3.8, 4) is 0 Å². The van der Waals surface area contributed by atoms with Gasteiger partial charge in [0.25, 0.3) is 0 Å². The van der Waals surface area contributed by atoms with Crippen molar-refractivity contribution in [2.75, 3.05) is 17.7 Å². The minimum absolute atomic E-state index is 0.0738. The molecule has 2 aromatic heterocycles. The van der Waals surface area contributed by atoms with E-state index in [1.54, 1.807) is 12.1 Å². The molecule has 4 aliphatic rings. The molecular weight excluding hydrogens is 379 g/mol. The second kappa shape index (κ2) is 6.03. The number of halogens is 1. The van der Waals surface area contributed by atoms with Crippen molar-refractivity contribution in [3.05, 3.63) is 65.1 Å². The number of anilines is 2. The van der Waals surface area contributed by atoms with E-state index in [0.29, 0.717) is 5.95 Å². The standard InChI is InChI=1S/C23H25FN6/c1-14-9-30(13-26-14)23-10-22(11-23,12-23)29-21-27-19-17(15-4-3-5-16(24)8-15)6-7-18(19)20(25-2)28-21/h3-5,8-9,13,17H,6-7,10-12H2,1-2H3,(H2,25,27,28,29). The van der Waals surface area contributed by atoms with E-state index in [0.717, 1.165) is 60.4 Å². The highest BCUT2D eigenvalue weighted by atomic mass is 19.1. The van der Waals surface area contributed by atoms with Gasteiger partial charge in [0.15, 0.2) is 0 Å². The molecule has 0 amide bonds. The monoisotopic (exact) mass is 404 g/mol. The lowest BCUT2D eigenvalue weighted by Crippen LogP contribution is -2.75. The molecule has 3 fully saturated rings. The maximum absolute atomic E-state index is 13.8. The molecule has 7 heteroatoms. The number of benzene rings is 1. The number of imidazole rings is 1. The van der Waals surface area contributed by atoms with Crippen molar-refractivity contribution in [2.24, 2.45) is 0 Å². The molecule has 0 spiro atoms. The molecule has 154 valence electrons. The molecule has 7 rings (SSSR count). The topological polar surface area (TPSA) is 67.7 Å². The first-order chi connectivity index (χ1) is 14.5. The van der Waals surface area contributed by atoms with Gasteiger partial charge in [0.05, 0.1) is 23.3 Å². The van der Waals surface area contributed by atoms with E-state index < -0.39 is 0 Å². The summed E-state index contributed by atoms with van der Waals surface area (Å²) in [6.45, 7) is 2.03. The maximum atomic E-state index is 13.8. The third-order valence-corrected chi connectivity index (χ3v) is 7.18. The Hall–Kier alpha value is -2.96. The van der Waals surface area contributed by atoms with E-state index in [1.807, 2.05) is 26.4 Å². The molecule has 4 aliphatic carbocycles. The SMILES string of the molecule is CNc1nc(NC23CC(n4cnc(C)c4)(C2)C3)nc2c1CCC2c1cccc(F)c1. The highest BCUT2D eigenvalue weighted by Crippen LogP contribution is 2.66. The Morgan fingerprint density at radius 2 is 2.03 bits per heavy atom. The average molecular weight is 404 g/mol. The highest BCUT2D eigenvalue weighted by molar-refractivity contribution is 5.56. The number of aryl methyl sites for hydroxylation is 1. The van der Waals surface area contributed by atoms with Gasteiger partial charge in [0.2, 0.25) is 5.95 Å². The van der Waals surface area contributed by atoms with Crippen LogP contribution >= 0.6 is 0 Å². The molecule has 6 nitrogen and oxygen atoms in total. The summed E-state index contributed by atoms with van der Waals surface area (Å²) in [7, 11) is 1.90. The Bertz CT molecular complexity index is 1130. The zero-order valence-electron chi connectivity index (χ0n) is 17.2. The van der Waals surface area contributed by atoms with Crippen LogP contribution in [0, 0.1) is 12.7 Å². The average Bonchev–Trinajstić information content (AvgIpc) is 3.29. The van der Waals surface area contributed by atoms with Gasteiger partial charge >= 0.3 is 0 Å². The summed E-state index contributed by atoms with van der Waals surface area (Å²) in [6.07, 6.45) is 9.13. The molecule has 2 bridgehead atoms. The maximum Gasteiger partial charge on any atom is 0.225 e. The number of nitrogens with one attached hydrogen (secondary N) is 2. The van der Waals surface area contributed by atoms with Gasteiger partial charge in [-0.05, 0) is 56.7 Å². The van der Waals surface area contributed by atoms with E-state index in [1.165, 1.54) is 6.07 Å². The highest BCUT2D eigenvalue weighted by Gasteiger charge is 2.69. The smallest absolute Gasteiger partial charge is 0.225 e. The predicted molar refractivity (Wildman–Crippen MR) is 113 cm³/mol. The fourth-order valence-corrected chi connectivity index (χ4v) is 5.83. The first-order valence-electron chi connectivity index (χ1n) is 10.6. The summed E-state index contributed by atoms with van der Waals surface area (Å²) < 4.78 is 16.1. The summed E-state index contributed by atoms with van der Waals surface area (Å²) in [5, 5.41) is 6.88. The van der Waals surface area contributed by atoms with Crippen LogP contribution in [0.2, 0.25) is 0 Å². The molecule has 3 saturated carbocycles. The minimum atomic E-state index is -0.198. The van der Waals surface area contributed by atoms with Gasteiger partial charge in [-0.2, -0.15) is 4.98 Å². The molecule has 0 radical (unpaired) electrons. The normalized spacial score (nSPS) is 28.4. The van der Waals surface area contributed by atoms with Crippen molar-refractivity contribution in [2.45, 2.75) is 56.0 Å². The first kappa shape index (κ1) is 17.9. The predicted octanol–water partition coefficient (Wildman–Crippen LogP) is 3.98. The van der Waals surface area contributed by atoms with Crippen LogP contribution in [0.5, 0.6) is 0 Å². The zero-order chi connectivity index (χ0) is 20.5. The molecule has 30 heavy (non-hydrogen) atoms. The van der Waals surface area contributed by atoms with Crippen molar-refractivity contribution < 1.29 is 4.39 Å². The molecule has 1 unspecified atom stereocenters. The zero-order valence-corrected chi connectivity index (χ0v) is 17.2. The van der Waals surface area contributed by atoms with E-state index in [2.05, 4.69) is 26.4 Å². The van der Waals surface area contributed by atoms with Gasteiger partial charge in [-0.15, -0.1) is 0 Å². The fourth-order valence-electron chi connectivity index (χ4n) is 5.83. The minimum Gasteiger partial charge on any atom is -0.373 e. The summed E-state index contributed by atoms with van der Waals surface area (Å²) >= 11 is 0. The largest absolute Gasteiger partial charge is 0.373 e. The van der Waals surface area contributed by atoms with Gasteiger partial charge in [-0.25, -0.2) is 14.4 Å². The summed E-state index contributed by atoms with van der Waals surface area (Å²) in [4.78, 5) is 14.1. The molecule has 0 aliphatic heterocycles. The van der Waals surface area contributed by atoms with Gasteiger partial charge < -0.3 is 15.2 Å². The molecule has 2 N–H and O–H groups in total.